The summed E-state index contributed by atoms with van der Waals surface area (Å²) in [6.45, 7) is 8.51. The minimum absolute atomic E-state index is 0.350. The summed E-state index contributed by atoms with van der Waals surface area (Å²) in [5.41, 5.74) is 1.36. The third-order valence-electron chi connectivity index (χ3n) is 3.65. The van der Waals surface area contributed by atoms with E-state index in [9.17, 15) is 0 Å². The number of benzene rings is 1. The highest BCUT2D eigenvalue weighted by Crippen LogP contribution is 2.20. The molecular formula is C17H26N4. The van der Waals surface area contributed by atoms with Crippen LogP contribution in [-0.2, 0) is 6.42 Å². The molecule has 0 fully saturated rings. The van der Waals surface area contributed by atoms with Crippen molar-refractivity contribution in [1.82, 2.24) is 20.1 Å². The minimum Gasteiger partial charge on any atom is -0.316 e. The molecule has 0 spiro atoms. The van der Waals surface area contributed by atoms with E-state index in [-0.39, 0.29) is 0 Å². The van der Waals surface area contributed by atoms with Crippen molar-refractivity contribution in [3.05, 3.63) is 48.0 Å². The number of hydrogen-bond donors (Lipinski definition) is 1. The van der Waals surface area contributed by atoms with Crippen LogP contribution in [0.2, 0.25) is 0 Å². The van der Waals surface area contributed by atoms with Crippen LogP contribution >= 0.6 is 0 Å². The van der Waals surface area contributed by atoms with Gasteiger partial charge in [0.05, 0.1) is 0 Å². The van der Waals surface area contributed by atoms with E-state index in [0.717, 1.165) is 31.8 Å². The van der Waals surface area contributed by atoms with Gasteiger partial charge in [-0.3, -0.25) is 0 Å². The molecule has 1 atom stereocenters. The van der Waals surface area contributed by atoms with E-state index in [0.29, 0.717) is 12.0 Å². The fourth-order valence-electron chi connectivity index (χ4n) is 2.56. The lowest BCUT2D eigenvalue weighted by atomic mass is 9.95. The Morgan fingerprint density at radius 3 is 2.62 bits per heavy atom. The monoisotopic (exact) mass is 286 g/mol. The van der Waals surface area contributed by atoms with Crippen LogP contribution in [0.5, 0.6) is 0 Å². The number of hydrogen-bond acceptors (Lipinski definition) is 3. The molecule has 1 N–H and O–H groups in total. The maximum atomic E-state index is 4.46. The van der Waals surface area contributed by atoms with Crippen molar-refractivity contribution in [2.75, 3.05) is 13.1 Å². The normalized spacial score (nSPS) is 12.8. The Balaban J connectivity index is 2.13. The molecule has 1 unspecified atom stereocenters. The van der Waals surface area contributed by atoms with Gasteiger partial charge in [0.2, 0.25) is 0 Å². The molecule has 4 nitrogen and oxygen atoms in total. The topological polar surface area (TPSA) is 42.7 Å². The number of rotatable bonds is 8. The van der Waals surface area contributed by atoms with Gasteiger partial charge < -0.3 is 5.32 Å². The molecule has 114 valence electrons. The molecule has 0 aliphatic heterocycles. The third-order valence-corrected chi connectivity index (χ3v) is 3.65. The maximum Gasteiger partial charge on any atom is 0.138 e. The van der Waals surface area contributed by atoms with Crippen molar-refractivity contribution in [2.45, 2.75) is 45.6 Å². The molecule has 0 amide bonds. The predicted molar refractivity (Wildman–Crippen MR) is 86.5 cm³/mol. The van der Waals surface area contributed by atoms with E-state index in [4.69, 9.17) is 0 Å². The average Bonchev–Trinajstić information content (AvgIpc) is 2.96. The van der Waals surface area contributed by atoms with E-state index in [1.165, 1.54) is 5.56 Å². The van der Waals surface area contributed by atoms with Gasteiger partial charge in [-0.15, -0.1) is 0 Å². The van der Waals surface area contributed by atoms with Gasteiger partial charge in [-0.05, 0) is 32.4 Å². The van der Waals surface area contributed by atoms with Gasteiger partial charge in [0, 0.05) is 24.9 Å². The van der Waals surface area contributed by atoms with Gasteiger partial charge in [-0.2, -0.15) is 5.10 Å². The van der Waals surface area contributed by atoms with E-state index in [1.807, 2.05) is 4.68 Å². The molecule has 4 heteroatoms. The van der Waals surface area contributed by atoms with Gasteiger partial charge in [0.25, 0.3) is 0 Å². The van der Waals surface area contributed by atoms with Gasteiger partial charge in [0.15, 0.2) is 0 Å². The van der Waals surface area contributed by atoms with Crippen LogP contribution in [0.3, 0.4) is 0 Å². The van der Waals surface area contributed by atoms with Gasteiger partial charge in [-0.1, -0.05) is 37.3 Å². The van der Waals surface area contributed by atoms with Crippen molar-refractivity contribution >= 4 is 0 Å². The number of nitrogens with zero attached hydrogens (tertiary/aromatic N) is 3. The molecule has 0 aliphatic carbocycles. The Labute approximate surface area is 127 Å². The molecule has 2 aromatic rings. The maximum absolute atomic E-state index is 4.46. The van der Waals surface area contributed by atoms with Gasteiger partial charge in [-0.25, -0.2) is 9.67 Å². The van der Waals surface area contributed by atoms with Crippen LogP contribution in [-0.4, -0.2) is 27.9 Å². The molecule has 2 rings (SSSR count). The number of aromatic nitrogens is 3. The molecule has 21 heavy (non-hydrogen) atoms. The van der Waals surface area contributed by atoms with Crippen molar-refractivity contribution in [3.63, 3.8) is 0 Å². The molecule has 1 aromatic heterocycles. The van der Waals surface area contributed by atoms with E-state index in [2.05, 4.69) is 66.5 Å². The average molecular weight is 286 g/mol. The van der Waals surface area contributed by atoms with Crippen LogP contribution in [0, 0.1) is 0 Å². The number of nitrogens with one attached hydrogen (secondary N) is 1. The molecule has 0 saturated carbocycles. The zero-order valence-corrected chi connectivity index (χ0v) is 13.3. The first-order valence-corrected chi connectivity index (χ1v) is 7.86. The second-order valence-corrected chi connectivity index (χ2v) is 5.73. The second-order valence-electron chi connectivity index (χ2n) is 5.73. The van der Waals surface area contributed by atoms with E-state index < -0.39 is 0 Å². The highest BCUT2D eigenvalue weighted by molar-refractivity contribution is 5.21. The van der Waals surface area contributed by atoms with Crippen LogP contribution in [0.15, 0.2) is 36.7 Å². The lowest BCUT2D eigenvalue weighted by molar-refractivity contribution is 0.482. The summed E-state index contributed by atoms with van der Waals surface area (Å²) in [5, 5.41) is 7.88. The smallest absolute Gasteiger partial charge is 0.138 e. The molecule has 0 radical (unpaired) electrons. The second kappa shape index (κ2) is 7.93. The van der Waals surface area contributed by atoms with Gasteiger partial charge in [0.1, 0.15) is 12.2 Å². The standard InChI is InChI=1S/C17H26N4/c1-4-10-18-12-16(15-8-6-5-7-9-15)11-17-19-13-20-21(17)14(2)3/h5-9,13-14,16,18H,4,10-12H2,1-3H3. The third kappa shape index (κ3) is 4.39. The molecule has 0 bridgehead atoms. The Kier molecular flexibility index (Phi) is 5.93. The summed E-state index contributed by atoms with van der Waals surface area (Å²) in [5.74, 6) is 1.50. The molecule has 0 aliphatic rings. The Morgan fingerprint density at radius 1 is 1.19 bits per heavy atom. The quantitative estimate of drug-likeness (QED) is 0.758. The summed E-state index contributed by atoms with van der Waals surface area (Å²) >= 11 is 0. The van der Waals surface area contributed by atoms with Crippen molar-refractivity contribution in [2.24, 2.45) is 0 Å². The highest BCUT2D eigenvalue weighted by Gasteiger charge is 2.16. The Morgan fingerprint density at radius 2 is 1.95 bits per heavy atom. The largest absolute Gasteiger partial charge is 0.316 e. The molecule has 1 aromatic carbocycles. The van der Waals surface area contributed by atoms with Crippen molar-refractivity contribution in [1.29, 1.82) is 0 Å². The first-order valence-electron chi connectivity index (χ1n) is 7.86. The summed E-state index contributed by atoms with van der Waals surface area (Å²) in [4.78, 5) is 4.46. The van der Waals surface area contributed by atoms with Crippen LogP contribution in [0.1, 0.15) is 50.5 Å². The van der Waals surface area contributed by atoms with E-state index in [1.54, 1.807) is 6.33 Å². The summed E-state index contributed by atoms with van der Waals surface area (Å²) in [6, 6.07) is 11.0. The first kappa shape index (κ1) is 15.7. The lowest BCUT2D eigenvalue weighted by Crippen LogP contribution is -2.25. The summed E-state index contributed by atoms with van der Waals surface area (Å²) in [7, 11) is 0. The molecule has 1 heterocycles. The molecule has 0 saturated heterocycles. The minimum atomic E-state index is 0.350. The molecular weight excluding hydrogens is 260 g/mol. The fourth-order valence-corrected chi connectivity index (χ4v) is 2.56. The van der Waals surface area contributed by atoms with Gasteiger partial charge >= 0.3 is 0 Å². The van der Waals surface area contributed by atoms with E-state index >= 15 is 0 Å². The highest BCUT2D eigenvalue weighted by atomic mass is 15.3. The predicted octanol–water partition coefficient (Wildman–Crippen LogP) is 3.18. The fraction of sp³-hybridized carbons (Fsp3) is 0.529. The van der Waals surface area contributed by atoms with Crippen LogP contribution < -0.4 is 5.32 Å². The summed E-state index contributed by atoms with van der Waals surface area (Å²) < 4.78 is 2.02. The SMILES string of the molecule is CCCNCC(Cc1ncnn1C(C)C)c1ccccc1. The first-order chi connectivity index (χ1) is 10.2. The van der Waals surface area contributed by atoms with Crippen LogP contribution in [0.4, 0.5) is 0 Å². The zero-order valence-electron chi connectivity index (χ0n) is 13.3. The Hall–Kier alpha value is -1.68. The van der Waals surface area contributed by atoms with Crippen molar-refractivity contribution < 1.29 is 0 Å². The lowest BCUT2D eigenvalue weighted by Gasteiger charge is -2.19. The zero-order chi connectivity index (χ0) is 15.1. The summed E-state index contributed by atoms with van der Waals surface area (Å²) in [6.07, 6.45) is 3.74. The van der Waals surface area contributed by atoms with Crippen molar-refractivity contribution in [3.8, 4) is 0 Å². The Bertz CT molecular complexity index is 519. The van der Waals surface area contributed by atoms with Crippen LogP contribution in [0.25, 0.3) is 0 Å².